The number of carbonyl (C=O) groups excluding carboxylic acids is 1. The van der Waals surface area contributed by atoms with E-state index in [0.29, 0.717) is 12.6 Å². The van der Waals surface area contributed by atoms with Crippen molar-refractivity contribution in [3.8, 4) is 0 Å². The van der Waals surface area contributed by atoms with Gasteiger partial charge in [0, 0.05) is 37.6 Å². The lowest BCUT2D eigenvalue weighted by molar-refractivity contribution is -0.132. The van der Waals surface area contributed by atoms with Crippen LogP contribution in [0.15, 0.2) is 17.5 Å². The summed E-state index contributed by atoms with van der Waals surface area (Å²) in [6.07, 6.45) is 0. The van der Waals surface area contributed by atoms with Crippen molar-refractivity contribution in [3.63, 3.8) is 0 Å². The van der Waals surface area contributed by atoms with Gasteiger partial charge in [-0.1, -0.05) is 6.07 Å². The molecular weight excluding hydrogens is 282 g/mol. The summed E-state index contributed by atoms with van der Waals surface area (Å²) in [6.45, 7) is 6.33. The van der Waals surface area contributed by atoms with Crippen molar-refractivity contribution in [3.05, 3.63) is 22.4 Å². The Hall–Kier alpha value is -0.620. The van der Waals surface area contributed by atoms with Crippen LogP contribution in [0.5, 0.6) is 0 Å². The molecule has 1 aliphatic heterocycles. The van der Waals surface area contributed by atoms with Crippen LogP contribution < -0.4 is 5.32 Å². The second-order valence-corrected chi connectivity index (χ2v) is 5.89. The monoisotopic (exact) mass is 303 g/mol. The van der Waals surface area contributed by atoms with E-state index in [1.165, 1.54) is 4.88 Å². The Morgan fingerprint density at radius 1 is 1.63 bits per heavy atom. The fraction of sp³-hybridized carbons (Fsp3) is 0.615. The summed E-state index contributed by atoms with van der Waals surface area (Å²) in [6, 6.07) is 4.54. The Balaban J connectivity index is 0.00000180. The summed E-state index contributed by atoms with van der Waals surface area (Å²) in [5, 5.41) is 5.39. The van der Waals surface area contributed by atoms with Gasteiger partial charge < -0.3 is 10.2 Å². The molecule has 1 aromatic heterocycles. The highest BCUT2D eigenvalue weighted by atomic mass is 35.5. The number of thiophene rings is 1. The smallest absolute Gasteiger partial charge is 0.236 e. The maximum Gasteiger partial charge on any atom is 0.236 e. The highest BCUT2D eigenvalue weighted by molar-refractivity contribution is 7.09. The van der Waals surface area contributed by atoms with E-state index in [4.69, 9.17) is 0 Å². The van der Waals surface area contributed by atoms with Gasteiger partial charge in [0.15, 0.2) is 0 Å². The molecule has 108 valence electrons. The molecule has 1 atom stereocenters. The predicted molar refractivity (Wildman–Crippen MR) is 81.9 cm³/mol. The number of hydrogen-bond donors (Lipinski definition) is 1. The van der Waals surface area contributed by atoms with Crippen LogP contribution in [0.2, 0.25) is 0 Å². The Kier molecular flexibility index (Phi) is 6.79. The maximum atomic E-state index is 12.2. The van der Waals surface area contributed by atoms with Gasteiger partial charge in [0.25, 0.3) is 0 Å². The van der Waals surface area contributed by atoms with Gasteiger partial charge in [-0.05, 0) is 18.4 Å². The van der Waals surface area contributed by atoms with E-state index in [0.717, 1.165) is 26.2 Å². The molecule has 1 amide bonds. The highest BCUT2D eigenvalue weighted by Crippen LogP contribution is 2.11. The molecule has 1 N–H and O–H groups in total. The van der Waals surface area contributed by atoms with E-state index in [1.54, 1.807) is 11.3 Å². The van der Waals surface area contributed by atoms with Crippen LogP contribution in [-0.4, -0.2) is 55.0 Å². The lowest BCUT2D eigenvalue weighted by Crippen LogP contribution is -2.52. The molecule has 2 heterocycles. The summed E-state index contributed by atoms with van der Waals surface area (Å²) >= 11 is 1.70. The van der Waals surface area contributed by atoms with Crippen molar-refractivity contribution in [1.29, 1.82) is 0 Å². The van der Waals surface area contributed by atoms with E-state index in [9.17, 15) is 4.79 Å². The second-order valence-electron chi connectivity index (χ2n) is 4.85. The first-order chi connectivity index (χ1) is 8.66. The molecule has 0 radical (unpaired) electrons. The Bertz CT molecular complexity index is 385. The van der Waals surface area contributed by atoms with Crippen molar-refractivity contribution in [2.24, 2.45) is 0 Å². The first-order valence-corrected chi connectivity index (χ1v) is 7.26. The first kappa shape index (κ1) is 16.4. The van der Waals surface area contributed by atoms with Crippen LogP contribution in [0.1, 0.15) is 11.8 Å². The largest absolute Gasteiger partial charge is 0.340 e. The minimum atomic E-state index is 0. The molecule has 19 heavy (non-hydrogen) atoms. The van der Waals surface area contributed by atoms with E-state index in [-0.39, 0.29) is 18.3 Å². The number of nitrogens with one attached hydrogen (secondary N) is 1. The fourth-order valence-corrected chi connectivity index (χ4v) is 2.89. The first-order valence-electron chi connectivity index (χ1n) is 6.38. The number of hydrogen-bond acceptors (Lipinski definition) is 4. The zero-order valence-corrected chi connectivity index (χ0v) is 13.1. The molecular formula is C13H22ClN3OS. The van der Waals surface area contributed by atoms with Crippen molar-refractivity contribution in [2.75, 3.05) is 33.2 Å². The van der Waals surface area contributed by atoms with Crippen LogP contribution >= 0.6 is 23.7 Å². The van der Waals surface area contributed by atoms with Crippen LogP contribution in [0.4, 0.5) is 0 Å². The summed E-state index contributed by atoms with van der Waals surface area (Å²) < 4.78 is 0. The number of amides is 1. The molecule has 1 fully saturated rings. The minimum absolute atomic E-state index is 0. The number of halogens is 1. The Morgan fingerprint density at radius 2 is 2.42 bits per heavy atom. The van der Waals surface area contributed by atoms with Crippen LogP contribution in [0.3, 0.4) is 0 Å². The van der Waals surface area contributed by atoms with E-state index in [2.05, 4.69) is 23.2 Å². The molecule has 0 bridgehead atoms. The molecule has 0 unspecified atom stereocenters. The molecule has 2 rings (SSSR count). The van der Waals surface area contributed by atoms with Crippen LogP contribution in [0, 0.1) is 0 Å². The highest BCUT2D eigenvalue weighted by Gasteiger charge is 2.21. The second kappa shape index (κ2) is 7.85. The average molecular weight is 304 g/mol. The predicted octanol–water partition coefficient (Wildman–Crippen LogP) is 1.42. The zero-order valence-electron chi connectivity index (χ0n) is 11.5. The third-order valence-corrected chi connectivity index (χ3v) is 4.24. The van der Waals surface area contributed by atoms with Crippen molar-refractivity contribution >= 4 is 29.7 Å². The van der Waals surface area contributed by atoms with Gasteiger partial charge in [-0.15, -0.1) is 23.7 Å². The molecule has 0 aliphatic carbocycles. The zero-order chi connectivity index (χ0) is 13.0. The average Bonchev–Trinajstić information content (AvgIpc) is 2.84. The number of rotatable bonds is 4. The Morgan fingerprint density at radius 3 is 3.05 bits per heavy atom. The molecule has 6 heteroatoms. The number of carbonyl (C=O) groups is 1. The number of piperazine rings is 1. The molecule has 0 aromatic carbocycles. The lowest BCUT2D eigenvalue weighted by atomic mass is 10.2. The molecule has 1 saturated heterocycles. The van der Waals surface area contributed by atoms with E-state index < -0.39 is 0 Å². The van der Waals surface area contributed by atoms with Crippen LogP contribution in [-0.2, 0) is 11.3 Å². The van der Waals surface area contributed by atoms with E-state index >= 15 is 0 Å². The summed E-state index contributed by atoms with van der Waals surface area (Å²) in [5.74, 6) is 0.206. The topological polar surface area (TPSA) is 35.6 Å². The lowest BCUT2D eigenvalue weighted by Gasteiger charge is -2.34. The molecule has 1 aliphatic rings. The van der Waals surface area contributed by atoms with Gasteiger partial charge >= 0.3 is 0 Å². The SMILES string of the molecule is C[C@H]1CNCCN1CC(=O)N(C)Cc1cccs1.Cl. The summed E-state index contributed by atoms with van der Waals surface area (Å²) in [5.41, 5.74) is 0. The molecule has 4 nitrogen and oxygen atoms in total. The van der Waals surface area contributed by atoms with Gasteiger partial charge in [-0.25, -0.2) is 0 Å². The third-order valence-electron chi connectivity index (χ3n) is 3.38. The van der Waals surface area contributed by atoms with Crippen molar-refractivity contribution < 1.29 is 4.79 Å². The normalized spacial score (nSPS) is 19.8. The van der Waals surface area contributed by atoms with Crippen molar-refractivity contribution in [1.82, 2.24) is 15.1 Å². The van der Waals surface area contributed by atoms with Crippen molar-refractivity contribution in [2.45, 2.75) is 19.5 Å². The van der Waals surface area contributed by atoms with Gasteiger partial charge in [0.05, 0.1) is 13.1 Å². The van der Waals surface area contributed by atoms with Gasteiger partial charge in [0.2, 0.25) is 5.91 Å². The quantitative estimate of drug-likeness (QED) is 0.914. The third kappa shape index (κ3) is 4.76. The van der Waals surface area contributed by atoms with Gasteiger partial charge in [-0.2, -0.15) is 0 Å². The molecule has 1 aromatic rings. The fourth-order valence-electron chi connectivity index (χ4n) is 2.14. The standard InChI is InChI=1S/C13H21N3OS.ClH/c1-11-8-14-5-6-16(11)10-13(17)15(2)9-12-4-3-7-18-12;/h3-4,7,11,14H,5-6,8-10H2,1-2H3;1H/t11-;/m0./s1. The summed E-state index contributed by atoms with van der Waals surface area (Å²) in [7, 11) is 1.88. The number of likely N-dealkylation sites (N-methyl/N-ethyl adjacent to an activating group) is 1. The van der Waals surface area contributed by atoms with Crippen LogP contribution in [0.25, 0.3) is 0 Å². The molecule has 0 spiro atoms. The minimum Gasteiger partial charge on any atom is -0.340 e. The molecule has 0 saturated carbocycles. The van der Waals surface area contributed by atoms with Gasteiger partial charge in [0.1, 0.15) is 0 Å². The maximum absolute atomic E-state index is 12.2. The summed E-state index contributed by atoms with van der Waals surface area (Å²) in [4.78, 5) is 17.5. The van der Waals surface area contributed by atoms with E-state index in [1.807, 2.05) is 23.4 Å². The van der Waals surface area contributed by atoms with Gasteiger partial charge in [-0.3, -0.25) is 9.69 Å². The number of nitrogens with zero attached hydrogens (tertiary/aromatic N) is 2. The Labute approximate surface area is 125 Å².